The van der Waals surface area contributed by atoms with Gasteiger partial charge in [0.1, 0.15) is 5.75 Å². The van der Waals surface area contributed by atoms with Gasteiger partial charge in [-0.25, -0.2) is 0 Å². The summed E-state index contributed by atoms with van der Waals surface area (Å²) < 4.78 is 6.53. The van der Waals surface area contributed by atoms with E-state index < -0.39 is 0 Å². The van der Waals surface area contributed by atoms with E-state index in [0.29, 0.717) is 5.13 Å². The molecule has 1 aromatic carbocycles. The van der Waals surface area contributed by atoms with Crippen LogP contribution in [0, 0.1) is 20.8 Å². The van der Waals surface area contributed by atoms with Crippen molar-refractivity contribution in [1.82, 2.24) is 10.2 Å². The van der Waals surface area contributed by atoms with Crippen molar-refractivity contribution in [2.45, 2.75) is 32.0 Å². The van der Waals surface area contributed by atoms with Crippen LogP contribution >= 0.6 is 23.1 Å². The van der Waals surface area contributed by atoms with Crippen LogP contribution in [-0.2, 0) is 4.79 Å². The molecule has 0 spiro atoms. The Morgan fingerprint density at radius 3 is 2.73 bits per heavy atom. The molecule has 118 valence electrons. The van der Waals surface area contributed by atoms with Gasteiger partial charge in [-0.05, 0) is 43.2 Å². The predicted octanol–water partition coefficient (Wildman–Crippen LogP) is 3.59. The first-order valence-corrected chi connectivity index (χ1v) is 8.77. The zero-order valence-corrected chi connectivity index (χ0v) is 14.7. The zero-order chi connectivity index (χ0) is 16.1. The van der Waals surface area contributed by atoms with Crippen molar-refractivity contribution in [2.75, 3.05) is 17.7 Å². The van der Waals surface area contributed by atoms with E-state index in [4.69, 9.17) is 4.74 Å². The molecule has 1 amide bonds. The molecule has 0 unspecified atom stereocenters. The van der Waals surface area contributed by atoms with Crippen molar-refractivity contribution in [3.63, 3.8) is 0 Å². The Hall–Kier alpha value is -1.60. The fraction of sp³-hybridized carbons (Fsp3) is 0.400. The van der Waals surface area contributed by atoms with Crippen molar-refractivity contribution in [2.24, 2.45) is 0 Å². The summed E-state index contributed by atoms with van der Waals surface area (Å²) >= 11 is 2.97. The minimum Gasteiger partial charge on any atom is -0.483 e. The van der Waals surface area contributed by atoms with Crippen LogP contribution in [0.3, 0.4) is 0 Å². The van der Waals surface area contributed by atoms with E-state index in [1.54, 1.807) is 11.8 Å². The Kier molecular flexibility index (Phi) is 5.79. The number of carbonyl (C=O) groups excluding carboxylic acids is 1. The van der Waals surface area contributed by atoms with Crippen molar-refractivity contribution in [3.8, 4) is 5.75 Å². The number of nitrogens with zero attached hydrogens (tertiary/aromatic N) is 2. The molecule has 0 atom stereocenters. The van der Waals surface area contributed by atoms with Crippen molar-refractivity contribution < 1.29 is 9.53 Å². The minimum absolute atomic E-state index is 0.0407. The molecule has 0 radical (unpaired) electrons. The largest absolute Gasteiger partial charge is 0.483 e. The normalized spacial score (nSPS) is 10.5. The highest BCUT2D eigenvalue weighted by Crippen LogP contribution is 2.26. The van der Waals surface area contributed by atoms with Gasteiger partial charge in [0, 0.05) is 0 Å². The fourth-order valence-electron chi connectivity index (χ4n) is 1.88. The summed E-state index contributed by atoms with van der Waals surface area (Å²) in [6.07, 6.45) is 0. The van der Waals surface area contributed by atoms with Crippen molar-refractivity contribution in [1.29, 1.82) is 0 Å². The minimum atomic E-state index is -0.232. The average Bonchev–Trinajstić information content (AvgIpc) is 2.91. The second-order valence-corrected chi connectivity index (χ2v) is 7.29. The van der Waals surface area contributed by atoms with Gasteiger partial charge in [0.05, 0.1) is 0 Å². The van der Waals surface area contributed by atoms with Gasteiger partial charge in [-0.1, -0.05) is 42.2 Å². The Bertz CT molecular complexity index is 671. The third kappa shape index (κ3) is 4.20. The SMILES string of the molecule is CCSc1nnc(NC(=O)COc2c(C)ccc(C)c2C)s1. The molecule has 0 fully saturated rings. The van der Waals surface area contributed by atoms with Crippen LogP contribution in [0.15, 0.2) is 16.5 Å². The van der Waals surface area contributed by atoms with Gasteiger partial charge in [0.15, 0.2) is 10.9 Å². The number of anilines is 1. The lowest BCUT2D eigenvalue weighted by atomic mass is 10.1. The molecule has 22 heavy (non-hydrogen) atoms. The van der Waals surface area contributed by atoms with Crippen molar-refractivity contribution in [3.05, 3.63) is 28.8 Å². The lowest BCUT2D eigenvalue weighted by Gasteiger charge is -2.13. The van der Waals surface area contributed by atoms with Crippen LogP contribution in [0.25, 0.3) is 0 Å². The number of hydrogen-bond acceptors (Lipinski definition) is 6. The van der Waals surface area contributed by atoms with Gasteiger partial charge in [-0.15, -0.1) is 10.2 Å². The maximum Gasteiger partial charge on any atom is 0.264 e. The summed E-state index contributed by atoms with van der Waals surface area (Å²) in [7, 11) is 0. The molecule has 1 N–H and O–H groups in total. The topological polar surface area (TPSA) is 64.1 Å². The molecule has 5 nitrogen and oxygen atoms in total. The van der Waals surface area contributed by atoms with Gasteiger partial charge in [0.2, 0.25) is 5.13 Å². The third-order valence-electron chi connectivity index (χ3n) is 3.14. The van der Waals surface area contributed by atoms with Gasteiger partial charge >= 0.3 is 0 Å². The average molecular weight is 337 g/mol. The van der Waals surface area contributed by atoms with Crippen LogP contribution in [0.5, 0.6) is 5.75 Å². The molecular weight excluding hydrogens is 318 g/mol. The molecule has 0 aliphatic carbocycles. The molecule has 0 saturated carbocycles. The highest BCUT2D eigenvalue weighted by atomic mass is 32.2. The maximum atomic E-state index is 12.0. The molecular formula is C15H19N3O2S2. The molecule has 1 heterocycles. The van der Waals surface area contributed by atoms with E-state index in [1.807, 2.05) is 39.8 Å². The number of aryl methyl sites for hydroxylation is 2. The number of thioether (sulfide) groups is 1. The standard InChI is InChI=1S/C15H19N3O2S2/c1-5-21-15-18-17-14(22-15)16-12(19)8-20-13-10(3)7-6-9(2)11(13)4/h6-7H,5,8H2,1-4H3,(H,16,17,19). The molecule has 0 bridgehead atoms. The molecule has 1 aromatic heterocycles. The summed E-state index contributed by atoms with van der Waals surface area (Å²) in [5.74, 6) is 1.47. The summed E-state index contributed by atoms with van der Waals surface area (Å²) in [4.78, 5) is 12.0. The first kappa shape index (κ1) is 16.8. The van der Waals surface area contributed by atoms with Crippen LogP contribution in [0.1, 0.15) is 23.6 Å². The lowest BCUT2D eigenvalue weighted by Crippen LogP contribution is -2.20. The lowest BCUT2D eigenvalue weighted by molar-refractivity contribution is -0.118. The number of aromatic nitrogens is 2. The van der Waals surface area contributed by atoms with Gasteiger partial charge in [-0.2, -0.15) is 0 Å². The third-order valence-corrected chi connectivity index (χ3v) is 5.00. The molecule has 0 saturated heterocycles. The van der Waals surface area contributed by atoms with Crippen LogP contribution < -0.4 is 10.1 Å². The Balaban J connectivity index is 1.94. The highest BCUT2D eigenvalue weighted by Gasteiger charge is 2.11. The number of benzene rings is 1. The first-order valence-electron chi connectivity index (χ1n) is 6.97. The fourth-order valence-corrected chi connectivity index (χ4v) is 3.55. The molecule has 2 rings (SSSR count). The van der Waals surface area contributed by atoms with Gasteiger partial charge in [-0.3, -0.25) is 10.1 Å². The van der Waals surface area contributed by atoms with Crippen molar-refractivity contribution >= 4 is 34.1 Å². The maximum absolute atomic E-state index is 12.0. The van der Waals surface area contributed by atoms with Crippen LogP contribution in [-0.4, -0.2) is 28.5 Å². The summed E-state index contributed by atoms with van der Waals surface area (Å²) in [5.41, 5.74) is 3.23. The zero-order valence-electron chi connectivity index (χ0n) is 13.1. The summed E-state index contributed by atoms with van der Waals surface area (Å²) in [5, 5.41) is 11.1. The number of ether oxygens (including phenoxy) is 1. The number of carbonyl (C=O) groups is 1. The number of rotatable bonds is 6. The highest BCUT2D eigenvalue weighted by molar-refractivity contribution is 8.01. The molecule has 2 aromatic rings. The quantitative estimate of drug-likeness (QED) is 0.644. The summed E-state index contributed by atoms with van der Waals surface area (Å²) in [6, 6.07) is 4.04. The number of hydrogen-bond donors (Lipinski definition) is 1. The Morgan fingerprint density at radius 1 is 1.27 bits per heavy atom. The van der Waals surface area contributed by atoms with E-state index in [9.17, 15) is 4.79 Å². The first-order chi connectivity index (χ1) is 10.5. The van der Waals surface area contributed by atoms with Crippen LogP contribution in [0.4, 0.5) is 5.13 Å². The molecule has 7 heteroatoms. The van der Waals surface area contributed by atoms with E-state index in [2.05, 4.69) is 15.5 Å². The summed E-state index contributed by atoms with van der Waals surface area (Å²) in [6.45, 7) is 7.99. The Labute approximate surface area is 138 Å². The van der Waals surface area contributed by atoms with Crippen LogP contribution in [0.2, 0.25) is 0 Å². The molecule has 0 aliphatic heterocycles. The number of amides is 1. The monoisotopic (exact) mass is 337 g/mol. The van der Waals surface area contributed by atoms with E-state index in [0.717, 1.165) is 32.5 Å². The second-order valence-electron chi connectivity index (χ2n) is 4.80. The van der Waals surface area contributed by atoms with Gasteiger partial charge < -0.3 is 4.74 Å². The Morgan fingerprint density at radius 2 is 2.00 bits per heavy atom. The van der Waals surface area contributed by atoms with E-state index >= 15 is 0 Å². The van der Waals surface area contributed by atoms with E-state index in [1.165, 1.54) is 11.3 Å². The van der Waals surface area contributed by atoms with E-state index in [-0.39, 0.29) is 12.5 Å². The molecule has 0 aliphatic rings. The predicted molar refractivity (Wildman–Crippen MR) is 91.1 cm³/mol. The number of nitrogens with one attached hydrogen (secondary N) is 1. The smallest absolute Gasteiger partial charge is 0.264 e. The van der Waals surface area contributed by atoms with Gasteiger partial charge in [0.25, 0.3) is 5.91 Å². The second kappa shape index (κ2) is 7.60.